The number of aromatic nitrogens is 1. The first kappa shape index (κ1) is 16.4. The highest BCUT2D eigenvalue weighted by atomic mass is 32.2. The summed E-state index contributed by atoms with van der Waals surface area (Å²) < 4.78 is 10.5. The van der Waals surface area contributed by atoms with E-state index in [9.17, 15) is 4.79 Å². The Balaban J connectivity index is 1.68. The highest BCUT2D eigenvalue weighted by Crippen LogP contribution is 2.21. The zero-order valence-electron chi connectivity index (χ0n) is 13.0. The Morgan fingerprint density at radius 3 is 2.64 bits per heavy atom. The van der Waals surface area contributed by atoms with Crippen LogP contribution in [0.5, 0.6) is 5.75 Å². The van der Waals surface area contributed by atoms with Gasteiger partial charge in [-0.25, -0.2) is 4.98 Å². The van der Waals surface area contributed by atoms with E-state index in [0.29, 0.717) is 18.9 Å². The number of carbonyl (C=O) groups excluding carboxylic acids is 1. The lowest BCUT2D eigenvalue weighted by atomic mass is 10.3. The lowest BCUT2D eigenvalue weighted by molar-refractivity contribution is -0.120. The van der Waals surface area contributed by atoms with E-state index in [0.717, 1.165) is 27.9 Å². The molecular weight excluding hydrogens is 300 g/mol. The second-order valence-electron chi connectivity index (χ2n) is 4.80. The van der Waals surface area contributed by atoms with Crippen LogP contribution in [0.4, 0.5) is 0 Å². The van der Waals surface area contributed by atoms with Crippen molar-refractivity contribution >= 4 is 17.7 Å². The number of aryl methyl sites for hydroxylation is 2. The summed E-state index contributed by atoms with van der Waals surface area (Å²) in [6.07, 6.45) is 0.454. The van der Waals surface area contributed by atoms with Crippen molar-refractivity contribution in [3.05, 3.63) is 41.6 Å². The molecule has 0 saturated carbocycles. The van der Waals surface area contributed by atoms with Crippen LogP contribution in [0.25, 0.3) is 0 Å². The van der Waals surface area contributed by atoms with Crippen LogP contribution >= 0.6 is 11.8 Å². The molecule has 0 aliphatic rings. The molecule has 5 nitrogen and oxygen atoms in total. The third kappa shape index (κ3) is 4.80. The smallest absolute Gasteiger partial charge is 0.221 e. The highest BCUT2D eigenvalue weighted by Gasteiger charge is 2.07. The van der Waals surface area contributed by atoms with Gasteiger partial charge in [-0.05, 0) is 38.1 Å². The third-order valence-electron chi connectivity index (χ3n) is 3.17. The third-order valence-corrected chi connectivity index (χ3v) is 4.18. The number of oxazole rings is 1. The average molecular weight is 320 g/mol. The fraction of sp³-hybridized carbons (Fsp3) is 0.375. The molecule has 0 bridgehead atoms. The Bertz CT molecular complexity index is 603. The molecule has 1 heterocycles. The van der Waals surface area contributed by atoms with E-state index in [-0.39, 0.29) is 5.91 Å². The van der Waals surface area contributed by atoms with Gasteiger partial charge in [0.25, 0.3) is 0 Å². The fourth-order valence-electron chi connectivity index (χ4n) is 1.81. The van der Waals surface area contributed by atoms with E-state index in [2.05, 4.69) is 10.3 Å². The maximum Gasteiger partial charge on any atom is 0.221 e. The van der Waals surface area contributed by atoms with Crippen molar-refractivity contribution in [2.45, 2.75) is 31.7 Å². The van der Waals surface area contributed by atoms with E-state index >= 15 is 0 Å². The van der Waals surface area contributed by atoms with Crippen molar-refractivity contribution in [3.8, 4) is 5.75 Å². The van der Waals surface area contributed by atoms with E-state index in [1.165, 1.54) is 0 Å². The molecule has 0 fully saturated rings. The minimum Gasteiger partial charge on any atom is -0.497 e. The molecule has 0 saturated heterocycles. The Hall–Kier alpha value is -1.95. The first-order valence-corrected chi connectivity index (χ1v) is 8.03. The van der Waals surface area contributed by atoms with Crippen LogP contribution in [0.15, 0.2) is 33.6 Å². The number of amides is 1. The number of ether oxygens (including phenoxy) is 1. The molecule has 2 rings (SSSR count). The van der Waals surface area contributed by atoms with Crippen molar-refractivity contribution in [3.63, 3.8) is 0 Å². The molecule has 0 radical (unpaired) electrons. The molecule has 0 spiro atoms. The van der Waals surface area contributed by atoms with Crippen LogP contribution in [-0.2, 0) is 11.3 Å². The van der Waals surface area contributed by atoms with E-state index in [1.54, 1.807) is 18.9 Å². The maximum atomic E-state index is 11.8. The number of benzene rings is 1. The normalized spacial score (nSPS) is 10.5. The van der Waals surface area contributed by atoms with Crippen molar-refractivity contribution in [2.75, 3.05) is 12.9 Å². The quantitative estimate of drug-likeness (QED) is 0.794. The summed E-state index contributed by atoms with van der Waals surface area (Å²) in [7, 11) is 1.64. The Morgan fingerprint density at radius 1 is 1.32 bits per heavy atom. The number of nitrogens with zero attached hydrogens (tertiary/aromatic N) is 1. The first-order valence-electron chi connectivity index (χ1n) is 7.05. The van der Waals surface area contributed by atoms with Gasteiger partial charge in [-0.3, -0.25) is 4.79 Å². The summed E-state index contributed by atoms with van der Waals surface area (Å²) in [5.74, 6) is 2.89. The second kappa shape index (κ2) is 7.89. The lowest BCUT2D eigenvalue weighted by Gasteiger charge is -2.04. The monoisotopic (exact) mass is 320 g/mol. The number of hydrogen-bond acceptors (Lipinski definition) is 5. The summed E-state index contributed by atoms with van der Waals surface area (Å²) in [6, 6.07) is 7.80. The molecule has 0 unspecified atom stereocenters. The van der Waals surface area contributed by atoms with Crippen molar-refractivity contribution in [1.29, 1.82) is 0 Å². The number of methoxy groups -OCH3 is 1. The first-order chi connectivity index (χ1) is 10.6. The molecule has 1 amide bonds. The standard InChI is InChI=1S/C16H20N2O3S/c1-11-12(2)21-16(18-11)10-17-15(19)8-9-22-14-6-4-13(20-3)5-7-14/h4-7H,8-10H2,1-3H3,(H,17,19). The SMILES string of the molecule is COc1ccc(SCCC(=O)NCc2nc(C)c(C)o2)cc1. The van der Waals surface area contributed by atoms with E-state index in [4.69, 9.17) is 9.15 Å². The summed E-state index contributed by atoms with van der Waals surface area (Å²) in [6.45, 7) is 4.08. The van der Waals surface area contributed by atoms with Crippen LogP contribution in [0, 0.1) is 13.8 Å². The molecule has 1 N–H and O–H groups in total. The summed E-state index contributed by atoms with van der Waals surface area (Å²) in [5.41, 5.74) is 0.860. The number of nitrogens with one attached hydrogen (secondary N) is 1. The zero-order chi connectivity index (χ0) is 15.9. The molecule has 2 aromatic rings. The Morgan fingerprint density at radius 2 is 2.05 bits per heavy atom. The summed E-state index contributed by atoms with van der Waals surface area (Å²) in [5, 5.41) is 2.82. The molecule has 22 heavy (non-hydrogen) atoms. The average Bonchev–Trinajstić information content (AvgIpc) is 2.84. The predicted molar refractivity (Wildman–Crippen MR) is 86.2 cm³/mol. The van der Waals surface area contributed by atoms with Gasteiger partial charge in [-0.2, -0.15) is 0 Å². The summed E-state index contributed by atoms with van der Waals surface area (Å²) >= 11 is 1.64. The largest absolute Gasteiger partial charge is 0.497 e. The number of hydrogen-bond donors (Lipinski definition) is 1. The van der Waals surface area contributed by atoms with Gasteiger partial charge in [0.05, 0.1) is 19.3 Å². The summed E-state index contributed by atoms with van der Waals surface area (Å²) in [4.78, 5) is 17.1. The van der Waals surface area contributed by atoms with Gasteiger partial charge in [-0.1, -0.05) is 0 Å². The van der Waals surface area contributed by atoms with Crippen molar-refractivity contribution in [2.24, 2.45) is 0 Å². The zero-order valence-corrected chi connectivity index (χ0v) is 13.8. The molecule has 118 valence electrons. The lowest BCUT2D eigenvalue weighted by Crippen LogP contribution is -2.23. The van der Waals surface area contributed by atoms with Crippen molar-refractivity contribution < 1.29 is 13.9 Å². The highest BCUT2D eigenvalue weighted by molar-refractivity contribution is 7.99. The fourth-order valence-corrected chi connectivity index (χ4v) is 2.66. The van der Waals surface area contributed by atoms with Gasteiger partial charge in [0.1, 0.15) is 11.5 Å². The Labute approximate surface area is 134 Å². The molecular formula is C16H20N2O3S. The number of thioether (sulfide) groups is 1. The maximum absolute atomic E-state index is 11.8. The minimum absolute atomic E-state index is 0.00508. The molecule has 0 aliphatic carbocycles. The van der Waals surface area contributed by atoms with Crippen molar-refractivity contribution in [1.82, 2.24) is 10.3 Å². The van der Waals surface area contributed by atoms with Crippen LogP contribution in [0.2, 0.25) is 0 Å². The molecule has 1 aromatic carbocycles. The Kier molecular flexibility index (Phi) is 5.89. The molecule has 1 aromatic heterocycles. The van der Waals surface area contributed by atoms with Gasteiger partial charge in [-0.15, -0.1) is 11.8 Å². The minimum atomic E-state index is -0.00508. The number of rotatable bonds is 7. The van der Waals surface area contributed by atoms with Gasteiger partial charge in [0, 0.05) is 17.1 Å². The van der Waals surface area contributed by atoms with Crippen LogP contribution in [0.1, 0.15) is 23.8 Å². The van der Waals surface area contributed by atoms with Gasteiger partial charge < -0.3 is 14.5 Å². The number of carbonyl (C=O) groups is 1. The molecule has 0 atom stereocenters. The van der Waals surface area contributed by atoms with E-state index in [1.807, 2.05) is 38.1 Å². The topological polar surface area (TPSA) is 64.4 Å². The van der Waals surface area contributed by atoms with Crippen LogP contribution in [0.3, 0.4) is 0 Å². The van der Waals surface area contributed by atoms with Crippen LogP contribution < -0.4 is 10.1 Å². The van der Waals surface area contributed by atoms with E-state index < -0.39 is 0 Å². The van der Waals surface area contributed by atoms with Crippen LogP contribution in [-0.4, -0.2) is 23.8 Å². The predicted octanol–water partition coefficient (Wildman–Crippen LogP) is 3.10. The van der Waals surface area contributed by atoms with Gasteiger partial charge in [0.15, 0.2) is 0 Å². The van der Waals surface area contributed by atoms with Gasteiger partial charge in [0.2, 0.25) is 11.8 Å². The second-order valence-corrected chi connectivity index (χ2v) is 5.97. The molecule has 6 heteroatoms. The van der Waals surface area contributed by atoms with Gasteiger partial charge >= 0.3 is 0 Å². The molecule has 0 aliphatic heterocycles.